The second-order valence-electron chi connectivity index (χ2n) is 6.40. The van der Waals surface area contributed by atoms with Crippen molar-refractivity contribution in [2.75, 3.05) is 38.5 Å². The van der Waals surface area contributed by atoms with Gasteiger partial charge in [0.05, 0.1) is 12.5 Å². The highest BCUT2D eigenvalue weighted by molar-refractivity contribution is 14.0. The van der Waals surface area contributed by atoms with Crippen molar-refractivity contribution in [2.45, 2.75) is 38.0 Å². The number of piperidine rings is 1. The SMILES string of the molecule is CCNC(=NCCCSc1ccc(F)cc1)N1CCC(C(=O)OCC)CC1.I. The number of esters is 1. The molecule has 2 rings (SSSR count). The summed E-state index contributed by atoms with van der Waals surface area (Å²) in [5, 5.41) is 3.35. The lowest BCUT2D eigenvalue weighted by atomic mass is 9.97. The molecule has 0 spiro atoms. The van der Waals surface area contributed by atoms with E-state index in [-0.39, 0.29) is 41.7 Å². The molecule has 0 atom stereocenters. The van der Waals surface area contributed by atoms with Gasteiger partial charge in [-0.05, 0) is 63.1 Å². The van der Waals surface area contributed by atoms with Crippen molar-refractivity contribution in [3.63, 3.8) is 0 Å². The molecule has 5 nitrogen and oxygen atoms in total. The lowest BCUT2D eigenvalue weighted by Gasteiger charge is -2.33. The number of hydrogen-bond acceptors (Lipinski definition) is 4. The molecule has 1 aromatic carbocycles. The summed E-state index contributed by atoms with van der Waals surface area (Å²) in [5.74, 6) is 1.60. The fourth-order valence-corrected chi connectivity index (χ4v) is 3.82. The molecule has 0 bridgehead atoms. The number of nitrogens with zero attached hydrogens (tertiary/aromatic N) is 2. The van der Waals surface area contributed by atoms with Crippen molar-refractivity contribution in [1.82, 2.24) is 10.2 Å². The number of guanidine groups is 1. The van der Waals surface area contributed by atoms with Gasteiger partial charge in [-0.15, -0.1) is 35.7 Å². The second-order valence-corrected chi connectivity index (χ2v) is 7.57. The Morgan fingerprint density at radius 1 is 1.29 bits per heavy atom. The Bertz CT molecular complexity index is 608. The van der Waals surface area contributed by atoms with E-state index in [1.54, 1.807) is 23.9 Å². The Morgan fingerprint density at radius 2 is 1.96 bits per heavy atom. The average Bonchev–Trinajstić information content (AvgIpc) is 2.68. The van der Waals surface area contributed by atoms with Crippen LogP contribution in [0.3, 0.4) is 0 Å². The fraction of sp³-hybridized carbons (Fsp3) is 0.600. The summed E-state index contributed by atoms with van der Waals surface area (Å²) in [4.78, 5) is 19.9. The molecule has 1 N–H and O–H groups in total. The summed E-state index contributed by atoms with van der Waals surface area (Å²) in [7, 11) is 0. The minimum absolute atomic E-state index is 0. The van der Waals surface area contributed by atoms with Crippen LogP contribution in [-0.4, -0.2) is 55.4 Å². The van der Waals surface area contributed by atoms with Crippen LogP contribution < -0.4 is 5.32 Å². The lowest BCUT2D eigenvalue weighted by Crippen LogP contribution is -2.46. The molecule has 0 saturated carbocycles. The smallest absolute Gasteiger partial charge is 0.309 e. The van der Waals surface area contributed by atoms with Gasteiger partial charge in [-0.3, -0.25) is 9.79 Å². The van der Waals surface area contributed by atoms with Crippen LogP contribution in [0.2, 0.25) is 0 Å². The molecular weight excluding hydrogens is 492 g/mol. The summed E-state index contributed by atoms with van der Waals surface area (Å²) >= 11 is 1.72. The quantitative estimate of drug-likeness (QED) is 0.139. The zero-order valence-electron chi connectivity index (χ0n) is 16.7. The van der Waals surface area contributed by atoms with Crippen LogP contribution in [0.25, 0.3) is 0 Å². The van der Waals surface area contributed by atoms with Gasteiger partial charge < -0.3 is 15.0 Å². The summed E-state index contributed by atoms with van der Waals surface area (Å²) in [6.45, 7) is 7.55. The highest BCUT2D eigenvalue weighted by Gasteiger charge is 2.27. The van der Waals surface area contributed by atoms with Crippen LogP contribution in [0.15, 0.2) is 34.2 Å². The Labute approximate surface area is 188 Å². The first-order valence-electron chi connectivity index (χ1n) is 9.72. The molecule has 1 heterocycles. The predicted octanol–water partition coefficient (Wildman–Crippen LogP) is 4.17. The first-order chi connectivity index (χ1) is 13.1. The van der Waals surface area contributed by atoms with Crippen LogP contribution in [0.1, 0.15) is 33.1 Å². The minimum Gasteiger partial charge on any atom is -0.466 e. The van der Waals surface area contributed by atoms with Gasteiger partial charge in [0.25, 0.3) is 0 Å². The molecule has 0 unspecified atom stereocenters. The van der Waals surface area contributed by atoms with E-state index in [0.717, 1.165) is 62.0 Å². The number of likely N-dealkylation sites (tertiary alicyclic amines) is 1. The Kier molecular flexibility index (Phi) is 12.5. The summed E-state index contributed by atoms with van der Waals surface area (Å²) in [6.07, 6.45) is 2.57. The van der Waals surface area contributed by atoms with Crippen molar-refractivity contribution >= 4 is 47.7 Å². The van der Waals surface area contributed by atoms with E-state index in [2.05, 4.69) is 17.1 Å². The van der Waals surface area contributed by atoms with E-state index in [0.29, 0.717) is 6.61 Å². The topological polar surface area (TPSA) is 53.9 Å². The van der Waals surface area contributed by atoms with Crippen LogP contribution in [0.4, 0.5) is 4.39 Å². The number of carbonyl (C=O) groups excluding carboxylic acids is 1. The third-order valence-corrected chi connectivity index (χ3v) is 5.49. The first-order valence-corrected chi connectivity index (χ1v) is 10.7. The molecule has 1 aliphatic rings. The fourth-order valence-electron chi connectivity index (χ4n) is 2.98. The van der Waals surface area contributed by atoms with Crippen molar-refractivity contribution < 1.29 is 13.9 Å². The number of benzene rings is 1. The van der Waals surface area contributed by atoms with Crippen LogP contribution in [-0.2, 0) is 9.53 Å². The van der Waals surface area contributed by atoms with Gasteiger partial charge in [-0.25, -0.2) is 4.39 Å². The molecule has 1 fully saturated rings. The van der Waals surface area contributed by atoms with Crippen molar-refractivity contribution in [1.29, 1.82) is 0 Å². The standard InChI is InChI=1S/C20H30FN3O2S.HI/c1-3-22-20(24-13-10-16(11-14-24)19(25)26-4-2)23-12-5-15-27-18-8-6-17(21)7-9-18;/h6-9,16H,3-5,10-15H2,1-2H3,(H,22,23);1H. The third-order valence-electron chi connectivity index (χ3n) is 4.40. The molecule has 0 radical (unpaired) electrons. The number of rotatable bonds is 8. The molecule has 0 aliphatic carbocycles. The van der Waals surface area contributed by atoms with Gasteiger partial charge >= 0.3 is 5.97 Å². The number of carbonyl (C=O) groups is 1. The van der Waals surface area contributed by atoms with E-state index < -0.39 is 0 Å². The molecule has 0 amide bonds. The van der Waals surface area contributed by atoms with E-state index >= 15 is 0 Å². The third kappa shape index (κ3) is 8.55. The van der Waals surface area contributed by atoms with Gasteiger partial charge in [-0.2, -0.15) is 0 Å². The van der Waals surface area contributed by atoms with Gasteiger partial charge in [0.15, 0.2) is 5.96 Å². The first kappa shape index (κ1) is 25.0. The largest absolute Gasteiger partial charge is 0.466 e. The number of ether oxygens (including phenoxy) is 1. The van der Waals surface area contributed by atoms with Gasteiger partial charge in [-0.1, -0.05) is 0 Å². The van der Waals surface area contributed by atoms with Gasteiger partial charge in [0, 0.05) is 31.1 Å². The molecule has 28 heavy (non-hydrogen) atoms. The Morgan fingerprint density at radius 3 is 2.57 bits per heavy atom. The van der Waals surface area contributed by atoms with E-state index in [9.17, 15) is 9.18 Å². The van der Waals surface area contributed by atoms with Crippen molar-refractivity contribution in [3.8, 4) is 0 Å². The Balaban J connectivity index is 0.00000392. The molecular formula is C20H31FIN3O2S. The zero-order chi connectivity index (χ0) is 19.5. The maximum Gasteiger partial charge on any atom is 0.309 e. The minimum atomic E-state index is -0.203. The number of halogens is 2. The normalized spacial score (nSPS) is 15.1. The highest BCUT2D eigenvalue weighted by atomic mass is 127. The second kappa shape index (κ2) is 14.0. The molecule has 1 aromatic rings. The van der Waals surface area contributed by atoms with Gasteiger partial charge in [0.1, 0.15) is 5.82 Å². The van der Waals surface area contributed by atoms with E-state index in [1.165, 1.54) is 12.1 Å². The molecule has 158 valence electrons. The summed E-state index contributed by atoms with van der Waals surface area (Å²) < 4.78 is 18.0. The summed E-state index contributed by atoms with van der Waals surface area (Å²) in [6, 6.07) is 6.59. The molecule has 8 heteroatoms. The Hall–Kier alpha value is -1.03. The van der Waals surface area contributed by atoms with Crippen LogP contribution >= 0.6 is 35.7 Å². The maximum atomic E-state index is 12.9. The predicted molar refractivity (Wildman–Crippen MR) is 124 cm³/mol. The number of nitrogens with one attached hydrogen (secondary N) is 1. The van der Waals surface area contributed by atoms with Crippen LogP contribution in [0.5, 0.6) is 0 Å². The maximum absolute atomic E-state index is 12.9. The molecule has 1 aliphatic heterocycles. The molecule has 0 aromatic heterocycles. The molecule has 1 saturated heterocycles. The lowest BCUT2D eigenvalue weighted by molar-refractivity contribution is -0.149. The van der Waals surface area contributed by atoms with Crippen LogP contribution in [0, 0.1) is 11.7 Å². The number of hydrogen-bond donors (Lipinski definition) is 1. The van der Waals surface area contributed by atoms with Crippen molar-refractivity contribution in [3.05, 3.63) is 30.1 Å². The highest BCUT2D eigenvalue weighted by Crippen LogP contribution is 2.20. The number of thioether (sulfide) groups is 1. The van der Waals surface area contributed by atoms with E-state index in [1.807, 2.05) is 6.92 Å². The number of aliphatic imine (C=N–C) groups is 1. The average molecular weight is 523 g/mol. The van der Waals surface area contributed by atoms with E-state index in [4.69, 9.17) is 9.73 Å². The van der Waals surface area contributed by atoms with Gasteiger partial charge in [0.2, 0.25) is 0 Å². The monoisotopic (exact) mass is 523 g/mol. The summed E-state index contributed by atoms with van der Waals surface area (Å²) in [5.41, 5.74) is 0. The van der Waals surface area contributed by atoms with Crippen molar-refractivity contribution in [2.24, 2.45) is 10.9 Å². The zero-order valence-corrected chi connectivity index (χ0v) is 19.8.